The molecule has 0 aromatic rings. The molecule has 0 aromatic carbocycles. The molecule has 0 saturated heterocycles. The minimum atomic E-state index is -4.95. The van der Waals surface area contributed by atoms with Gasteiger partial charge in [0.25, 0.3) is 0 Å². The zero-order valence-electron chi connectivity index (χ0n) is 59.9. The molecular weight excluding hydrogens is 1210 g/mol. The van der Waals surface area contributed by atoms with Crippen LogP contribution in [0, 0.1) is 11.8 Å². The van der Waals surface area contributed by atoms with Gasteiger partial charge in [0, 0.05) is 25.7 Å². The fourth-order valence-electron chi connectivity index (χ4n) is 11.1. The van der Waals surface area contributed by atoms with Crippen molar-refractivity contribution in [2.45, 2.75) is 394 Å². The molecule has 0 radical (unpaired) electrons. The van der Waals surface area contributed by atoms with Crippen molar-refractivity contribution in [2.75, 3.05) is 39.6 Å². The molecule has 17 nitrogen and oxygen atoms in total. The standard InChI is InChI=1S/C73H142O17P2/c1-7-9-11-13-15-29-37-43-49-55-70(75)83-61-68(89-72(77)57-51-45-39-30-16-14-12-10-8-2)63-87-91(79,80)85-59-67(74)60-86-92(81,82)88-64-69(62-84-71(76)56-50-44-38-33-27-24-23-26-32-36-42-48-54-66(5)6)90-73(78)58-52-46-40-34-28-22-20-18-17-19-21-25-31-35-41-47-53-65(3)4/h65-69,74H,7-64H2,1-6H3,(H,79,80)(H,81,82)/t67-,68+,69+/m0/s1. The van der Waals surface area contributed by atoms with Crippen LogP contribution in [0.15, 0.2) is 0 Å². The molecule has 92 heavy (non-hydrogen) atoms. The molecular formula is C73H142O17P2. The van der Waals surface area contributed by atoms with Gasteiger partial charge in [0.15, 0.2) is 12.2 Å². The molecule has 0 aliphatic rings. The molecule has 0 amide bonds. The zero-order valence-corrected chi connectivity index (χ0v) is 61.6. The Balaban J connectivity index is 5.19. The lowest BCUT2D eigenvalue weighted by Crippen LogP contribution is -2.30. The van der Waals surface area contributed by atoms with E-state index in [0.717, 1.165) is 102 Å². The van der Waals surface area contributed by atoms with E-state index in [1.54, 1.807) is 0 Å². The van der Waals surface area contributed by atoms with Crippen molar-refractivity contribution < 1.29 is 80.2 Å². The lowest BCUT2D eigenvalue weighted by atomic mass is 10.0. The molecule has 0 aliphatic carbocycles. The van der Waals surface area contributed by atoms with Crippen molar-refractivity contribution in [3.63, 3.8) is 0 Å². The highest BCUT2D eigenvalue weighted by atomic mass is 31.2. The maximum Gasteiger partial charge on any atom is 0.472 e. The van der Waals surface area contributed by atoms with Gasteiger partial charge in [-0.3, -0.25) is 37.3 Å². The molecule has 0 fully saturated rings. The molecule has 19 heteroatoms. The molecule has 0 rings (SSSR count). The van der Waals surface area contributed by atoms with E-state index in [1.165, 1.54) is 193 Å². The Morgan fingerprint density at radius 2 is 0.500 bits per heavy atom. The van der Waals surface area contributed by atoms with Gasteiger partial charge in [0.2, 0.25) is 0 Å². The summed E-state index contributed by atoms with van der Waals surface area (Å²) in [5.41, 5.74) is 0. The first-order valence-electron chi connectivity index (χ1n) is 38.0. The van der Waals surface area contributed by atoms with Crippen LogP contribution in [0.4, 0.5) is 0 Å². The maximum absolute atomic E-state index is 13.1. The zero-order chi connectivity index (χ0) is 67.9. The molecule has 0 aliphatic heterocycles. The minimum Gasteiger partial charge on any atom is -0.462 e. The second-order valence-electron chi connectivity index (χ2n) is 27.3. The second-order valence-corrected chi connectivity index (χ2v) is 30.2. The van der Waals surface area contributed by atoms with Gasteiger partial charge in [-0.15, -0.1) is 0 Å². The van der Waals surface area contributed by atoms with Crippen LogP contribution in [0.1, 0.15) is 375 Å². The first kappa shape index (κ1) is 90.1. The summed E-state index contributed by atoms with van der Waals surface area (Å²) < 4.78 is 68.3. The Kier molecular flexibility index (Phi) is 63.7. The van der Waals surface area contributed by atoms with Crippen LogP contribution < -0.4 is 0 Å². The Morgan fingerprint density at radius 3 is 0.739 bits per heavy atom. The third kappa shape index (κ3) is 66.7. The Labute approximate surface area is 562 Å². The van der Waals surface area contributed by atoms with Crippen LogP contribution in [0.2, 0.25) is 0 Å². The maximum atomic E-state index is 13.1. The average Bonchev–Trinajstić information content (AvgIpc) is 1.68. The van der Waals surface area contributed by atoms with E-state index >= 15 is 0 Å². The minimum absolute atomic E-state index is 0.106. The largest absolute Gasteiger partial charge is 0.472 e. The Bertz CT molecular complexity index is 1790. The number of carbonyl (C=O) groups is 4. The van der Waals surface area contributed by atoms with Crippen LogP contribution in [0.25, 0.3) is 0 Å². The number of ether oxygens (including phenoxy) is 4. The Hall–Kier alpha value is -1.94. The molecule has 0 saturated carbocycles. The summed E-state index contributed by atoms with van der Waals surface area (Å²) in [6, 6.07) is 0. The second kappa shape index (κ2) is 65.0. The van der Waals surface area contributed by atoms with Gasteiger partial charge in [-0.25, -0.2) is 9.13 Å². The van der Waals surface area contributed by atoms with E-state index in [1.807, 2.05) is 0 Å². The van der Waals surface area contributed by atoms with Crippen molar-refractivity contribution in [1.29, 1.82) is 0 Å². The van der Waals surface area contributed by atoms with Crippen molar-refractivity contribution in [2.24, 2.45) is 11.8 Å². The van der Waals surface area contributed by atoms with Crippen LogP contribution in [0.5, 0.6) is 0 Å². The van der Waals surface area contributed by atoms with Crippen molar-refractivity contribution in [3.05, 3.63) is 0 Å². The first-order valence-corrected chi connectivity index (χ1v) is 41.0. The fourth-order valence-corrected chi connectivity index (χ4v) is 12.7. The van der Waals surface area contributed by atoms with Gasteiger partial charge in [-0.2, -0.15) is 0 Å². The number of hydrogen-bond acceptors (Lipinski definition) is 15. The lowest BCUT2D eigenvalue weighted by Gasteiger charge is -2.21. The molecule has 0 spiro atoms. The van der Waals surface area contributed by atoms with E-state index in [0.29, 0.717) is 25.7 Å². The van der Waals surface area contributed by atoms with E-state index in [2.05, 4.69) is 41.5 Å². The van der Waals surface area contributed by atoms with Crippen molar-refractivity contribution >= 4 is 39.5 Å². The molecule has 5 atom stereocenters. The SMILES string of the molecule is CCCCCCCCCCCC(=O)OC[C@H](COP(=O)(O)OC[C@H](O)COP(=O)(O)OC[C@@H](COC(=O)CCCCCCCCCCCCCCC(C)C)OC(=O)CCCCCCCCCCCCCCCCCCC(C)C)OC(=O)CCCCCCCCCCC. The van der Waals surface area contributed by atoms with Gasteiger partial charge in [0.05, 0.1) is 26.4 Å². The predicted octanol–water partition coefficient (Wildman–Crippen LogP) is 21.2. The highest BCUT2D eigenvalue weighted by molar-refractivity contribution is 7.47. The highest BCUT2D eigenvalue weighted by Crippen LogP contribution is 2.45. The number of phosphoric acid groups is 2. The molecule has 2 unspecified atom stereocenters. The van der Waals surface area contributed by atoms with E-state index < -0.39 is 97.5 Å². The number of unbranched alkanes of at least 4 members (excludes halogenated alkanes) is 42. The van der Waals surface area contributed by atoms with Gasteiger partial charge in [-0.1, -0.05) is 324 Å². The van der Waals surface area contributed by atoms with Gasteiger partial charge in [0.1, 0.15) is 19.3 Å². The molecule has 0 heterocycles. The summed E-state index contributed by atoms with van der Waals surface area (Å²) in [7, 11) is -9.90. The predicted molar refractivity (Wildman–Crippen MR) is 372 cm³/mol. The Morgan fingerprint density at radius 1 is 0.293 bits per heavy atom. The number of aliphatic hydroxyl groups is 1. The average molecular weight is 1350 g/mol. The summed E-state index contributed by atoms with van der Waals surface area (Å²) >= 11 is 0. The number of rotatable bonds is 72. The summed E-state index contributed by atoms with van der Waals surface area (Å²) in [6.45, 7) is 9.58. The number of hydrogen-bond donors (Lipinski definition) is 3. The van der Waals surface area contributed by atoms with E-state index in [4.69, 9.17) is 37.0 Å². The van der Waals surface area contributed by atoms with Gasteiger partial charge < -0.3 is 33.8 Å². The number of carbonyl (C=O) groups excluding carboxylic acids is 4. The molecule has 0 bridgehead atoms. The normalized spacial score (nSPS) is 14.1. The summed E-state index contributed by atoms with van der Waals surface area (Å²) in [5.74, 6) is -0.531. The quantitative estimate of drug-likeness (QED) is 0.0222. The molecule has 546 valence electrons. The van der Waals surface area contributed by atoms with Crippen LogP contribution in [0.3, 0.4) is 0 Å². The van der Waals surface area contributed by atoms with E-state index in [9.17, 15) is 43.2 Å². The lowest BCUT2D eigenvalue weighted by molar-refractivity contribution is -0.161. The van der Waals surface area contributed by atoms with Gasteiger partial charge in [-0.05, 0) is 37.5 Å². The van der Waals surface area contributed by atoms with Crippen LogP contribution in [-0.2, 0) is 65.4 Å². The fraction of sp³-hybridized carbons (Fsp3) is 0.945. The van der Waals surface area contributed by atoms with E-state index in [-0.39, 0.29) is 25.7 Å². The third-order valence-corrected chi connectivity index (χ3v) is 18.9. The number of phosphoric ester groups is 2. The summed E-state index contributed by atoms with van der Waals surface area (Å²) in [5, 5.41) is 10.6. The van der Waals surface area contributed by atoms with Crippen molar-refractivity contribution in [1.82, 2.24) is 0 Å². The highest BCUT2D eigenvalue weighted by Gasteiger charge is 2.30. The topological polar surface area (TPSA) is 237 Å². The van der Waals surface area contributed by atoms with Crippen LogP contribution in [-0.4, -0.2) is 96.7 Å². The van der Waals surface area contributed by atoms with Crippen molar-refractivity contribution in [3.8, 4) is 0 Å². The molecule has 0 aromatic heterocycles. The summed E-state index contributed by atoms with van der Waals surface area (Å²) in [4.78, 5) is 72.5. The van der Waals surface area contributed by atoms with Crippen LogP contribution >= 0.6 is 15.6 Å². The summed E-state index contributed by atoms with van der Waals surface area (Å²) in [6.07, 6.45) is 51.4. The monoisotopic (exact) mass is 1350 g/mol. The first-order chi connectivity index (χ1) is 44.4. The third-order valence-electron chi connectivity index (χ3n) is 17.0. The smallest absolute Gasteiger partial charge is 0.462 e. The number of aliphatic hydroxyl groups excluding tert-OH is 1. The molecule has 3 N–H and O–H groups in total. The number of esters is 4. The van der Waals surface area contributed by atoms with Gasteiger partial charge >= 0.3 is 39.5 Å².